The fraction of sp³-hybridized carbons (Fsp3) is 0.641. The van der Waals surface area contributed by atoms with Gasteiger partial charge in [-0.2, -0.15) is 0 Å². The van der Waals surface area contributed by atoms with Gasteiger partial charge in [-0.1, -0.05) is 178 Å². The van der Waals surface area contributed by atoms with Gasteiger partial charge in [0.15, 0.2) is 0 Å². The predicted molar refractivity (Wildman–Crippen MR) is 187 cm³/mol. The molecule has 0 atom stereocenters. The lowest BCUT2D eigenvalue weighted by atomic mass is 9.68. The van der Waals surface area contributed by atoms with E-state index in [2.05, 4.69) is 50.2 Å². The summed E-state index contributed by atoms with van der Waals surface area (Å²) >= 11 is 6.71. The van der Waals surface area contributed by atoms with E-state index in [0.717, 1.165) is 10.5 Å². The van der Waals surface area contributed by atoms with Crippen LogP contribution in [0.25, 0.3) is 11.1 Å². The molecule has 4 heteroatoms. The van der Waals surface area contributed by atoms with Crippen LogP contribution in [0.3, 0.4) is 0 Å². The normalized spacial score (nSPS) is 14.5. The third kappa shape index (κ3) is 9.81. The fourth-order valence-corrected chi connectivity index (χ4v) is 7.69. The number of hydrogen-bond donors (Lipinski definition) is 0. The first kappa shape index (κ1) is 34.0. The van der Waals surface area contributed by atoms with Crippen molar-refractivity contribution >= 4 is 24.2 Å². The number of halogens is 1. The first-order valence-electron chi connectivity index (χ1n) is 18.1. The second-order valence-electron chi connectivity index (χ2n) is 13.3. The molecule has 2 aromatic carbocycles. The van der Waals surface area contributed by atoms with E-state index in [-0.39, 0.29) is 12.5 Å². The smallest absolute Gasteiger partial charge is 0.525 e. The second kappa shape index (κ2) is 18.8. The van der Waals surface area contributed by atoms with Crippen molar-refractivity contribution in [3.63, 3.8) is 0 Å². The molecule has 0 bridgehead atoms. The van der Waals surface area contributed by atoms with Crippen LogP contribution >= 0.6 is 11.6 Å². The van der Waals surface area contributed by atoms with E-state index in [1.807, 2.05) is 0 Å². The molecule has 236 valence electrons. The SMILES string of the molecule is CCCCCCCCCCCCC1(CCCCCCCCCCCC)c2cc(Cl)ccc2-c2ccc(B3OC=CO3)cc21. The molecule has 0 radical (unpaired) electrons. The summed E-state index contributed by atoms with van der Waals surface area (Å²) in [6, 6.07) is 13.5. The molecule has 2 nitrogen and oxygen atoms in total. The predicted octanol–water partition coefficient (Wildman–Crippen LogP) is 12.4. The van der Waals surface area contributed by atoms with Crippen molar-refractivity contribution in [3.05, 3.63) is 65.1 Å². The summed E-state index contributed by atoms with van der Waals surface area (Å²) in [5, 5.41) is 0.856. The highest BCUT2D eigenvalue weighted by Crippen LogP contribution is 2.54. The number of hydrogen-bond acceptors (Lipinski definition) is 2. The van der Waals surface area contributed by atoms with Crippen molar-refractivity contribution in [2.75, 3.05) is 0 Å². The van der Waals surface area contributed by atoms with Gasteiger partial charge in [0.1, 0.15) is 0 Å². The van der Waals surface area contributed by atoms with E-state index in [1.54, 1.807) is 12.5 Å². The van der Waals surface area contributed by atoms with Gasteiger partial charge in [-0.15, -0.1) is 0 Å². The Morgan fingerprint density at radius 3 is 1.44 bits per heavy atom. The molecule has 0 amide bonds. The van der Waals surface area contributed by atoms with Crippen molar-refractivity contribution in [1.29, 1.82) is 0 Å². The van der Waals surface area contributed by atoms with Crippen LogP contribution in [-0.4, -0.2) is 7.12 Å². The van der Waals surface area contributed by atoms with E-state index < -0.39 is 0 Å². The molecule has 1 heterocycles. The van der Waals surface area contributed by atoms with Gasteiger partial charge < -0.3 is 9.31 Å². The molecular formula is C39H58BClO2. The molecule has 0 saturated carbocycles. The largest absolute Gasteiger partial charge is 0.632 e. The second-order valence-corrected chi connectivity index (χ2v) is 13.8. The molecule has 0 unspecified atom stereocenters. The van der Waals surface area contributed by atoms with Crippen LogP contribution in [-0.2, 0) is 14.7 Å². The highest BCUT2D eigenvalue weighted by atomic mass is 35.5. The van der Waals surface area contributed by atoms with Gasteiger partial charge in [-0.05, 0) is 47.2 Å². The van der Waals surface area contributed by atoms with Gasteiger partial charge in [0.25, 0.3) is 0 Å². The van der Waals surface area contributed by atoms with Crippen molar-refractivity contribution in [3.8, 4) is 11.1 Å². The minimum absolute atomic E-state index is 0.0118. The Labute approximate surface area is 269 Å². The molecule has 0 aromatic heterocycles. The molecule has 0 N–H and O–H groups in total. The van der Waals surface area contributed by atoms with E-state index in [4.69, 9.17) is 20.9 Å². The molecule has 43 heavy (non-hydrogen) atoms. The van der Waals surface area contributed by atoms with Crippen LogP contribution in [0, 0.1) is 0 Å². The number of benzene rings is 2. The van der Waals surface area contributed by atoms with Crippen LogP contribution in [0.15, 0.2) is 48.9 Å². The average Bonchev–Trinajstić information content (AvgIpc) is 3.65. The molecular weight excluding hydrogens is 547 g/mol. The van der Waals surface area contributed by atoms with Crippen LogP contribution < -0.4 is 5.46 Å². The van der Waals surface area contributed by atoms with Gasteiger partial charge in [0.05, 0.1) is 12.5 Å². The summed E-state index contributed by atoms with van der Waals surface area (Å²) in [4.78, 5) is 0. The summed E-state index contributed by atoms with van der Waals surface area (Å²) < 4.78 is 11.5. The van der Waals surface area contributed by atoms with Gasteiger partial charge in [-0.3, -0.25) is 0 Å². The van der Waals surface area contributed by atoms with Crippen LogP contribution in [0.2, 0.25) is 5.02 Å². The zero-order chi connectivity index (χ0) is 30.2. The highest BCUT2D eigenvalue weighted by molar-refractivity contribution is 6.62. The van der Waals surface area contributed by atoms with Crippen LogP contribution in [0.1, 0.15) is 166 Å². The highest BCUT2D eigenvalue weighted by Gasteiger charge is 2.43. The van der Waals surface area contributed by atoms with E-state index >= 15 is 0 Å². The number of unbranched alkanes of at least 4 members (excludes halogenated alkanes) is 18. The Morgan fingerprint density at radius 2 is 0.953 bits per heavy atom. The molecule has 1 aliphatic carbocycles. The lowest BCUT2D eigenvalue weighted by molar-refractivity contribution is 0.396. The summed E-state index contributed by atoms with van der Waals surface area (Å²) in [7, 11) is -0.343. The lowest BCUT2D eigenvalue weighted by Gasteiger charge is -2.33. The molecule has 4 rings (SSSR count). The number of fused-ring (bicyclic) bond motifs is 3. The Kier molecular flexibility index (Phi) is 14.9. The molecule has 2 aliphatic rings. The lowest BCUT2D eigenvalue weighted by Crippen LogP contribution is -2.34. The summed E-state index contributed by atoms with van der Waals surface area (Å²) in [6.45, 7) is 4.60. The third-order valence-electron chi connectivity index (χ3n) is 9.99. The molecule has 0 spiro atoms. The average molecular weight is 605 g/mol. The van der Waals surface area contributed by atoms with Crippen molar-refractivity contribution in [2.45, 2.75) is 161 Å². The zero-order valence-electron chi connectivity index (χ0n) is 27.4. The summed E-state index contributed by atoms with van der Waals surface area (Å²) in [5.41, 5.74) is 6.78. The van der Waals surface area contributed by atoms with Gasteiger partial charge in [0, 0.05) is 15.9 Å². The quantitative estimate of drug-likeness (QED) is 0.0927. The fourth-order valence-electron chi connectivity index (χ4n) is 7.52. The van der Waals surface area contributed by atoms with Crippen molar-refractivity contribution < 1.29 is 9.31 Å². The van der Waals surface area contributed by atoms with Gasteiger partial charge in [0.2, 0.25) is 0 Å². The maximum absolute atomic E-state index is 6.71. The van der Waals surface area contributed by atoms with Crippen molar-refractivity contribution in [1.82, 2.24) is 0 Å². The monoisotopic (exact) mass is 604 g/mol. The summed E-state index contributed by atoms with van der Waals surface area (Å²) in [5.74, 6) is 0. The minimum Gasteiger partial charge on any atom is -0.525 e. The first-order chi connectivity index (χ1) is 21.2. The Bertz CT molecular complexity index is 1080. The van der Waals surface area contributed by atoms with Gasteiger partial charge in [-0.25, -0.2) is 0 Å². The van der Waals surface area contributed by atoms with Gasteiger partial charge >= 0.3 is 7.12 Å². The Morgan fingerprint density at radius 1 is 0.535 bits per heavy atom. The van der Waals surface area contributed by atoms with Crippen LogP contribution in [0.4, 0.5) is 0 Å². The number of rotatable bonds is 23. The first-order valence-corrected chi connectivity index (χ1v) is 18.5. The molecule has 0 saturated heterocycles. The maximum atomic E-state index is 6.71. The topological polar surface area (TPSA) is 18.5 Å². The Hall–Kier alpha value is -1.87. The van der Waals surface area contributed by atoms with E-state index in [9.17, 15) is 0 Å². The summed E-state index contributed by atoms with van der Waals surface area (Å²) in [6.07, 6.45) is 33.0. The molecule has 2 aromatic rings. The maximum Gasteiger partial charge on any atom is 0.632 e. The van der Waals surface area contributed by atoms with E-state index in [1.165, 1.54) is 164 Å². The third-order valence-corrected chi connectivity index (χ3v) is 10.2. The standard InChI is InChI=1S/C39H58BClO2/c1-3-5-7-9-11-13-15-17-19-21-27-39(28-22-20-18-16-14-12-10-8-6-4-2)37-31-33(40-42-29-30-43-40)23-25-35(37)36-26-24-34(41)32-38(36)39/h23-26,29-32H,3-22,27-28H2,1-2H3. The zero-order valence-corrected chi connectivity index (χ0v) is 28.2. The molecule has 0 fully saturated rings. The van der Waals surface area contributed by atoms with Crippen molar-refractivity contribution in [2.24, 2.45) is 0 Å². The molecule has 1 aliphatic heterocycles. The minimum atomic E-state index is -0.343. The Balaban J connectivity index is 1.42. The van der Waals surface area contributed by atoms with E-state index in [0.29, 0.717) is 0 Å². The van der Waals surface area contributed by atoms with Crippen LogP contribution in [0.5, 0.6) is 0 Å².